The lowest BCUT2D eigenvalue weighted by Crippen LogP contribution is -2.57. The molecule has 4 unspecified atom stereocenters. The second-order valence-electron chi connectivity index (χ2n) is 11.2. The molecule has 0 saturated carbocycles. The monoisotopic (exact) mass is 641 g/mol. The fourth-order valence-electron chi connectivity index (χ4n) is 6.04. The van der Waals surface area contributed by atoms with Crippen LogP contribution < -0.4 is 4.72 Å². The third-order valence-electron chi connectivity index (χ3n) is 8.44. The van der Waals surface area contributed by atoms with Gasteiger partial charge in [-0.2, -0.15) is 17.5 Å². The highest BCUT2D eigenvalue weighted by Gasteiger charge is 2.40. The van der Waals surface area contributed by atoms with Crippen LogP contribution in [0.3, 0.4) is 0 Å². The summed E-state index contributed by atoms with van der Waals surface area (Å²) in [5.41, 5.74) is 0.308. The molecule has 4 aliphatic rings. The van der Waals surface area contributed by atoms with Gasteiger partial charge in [-0.15, -0.1) is 0 Å². The van der Waals surface area contributed by atoms with Crippen molar-refractivity contribution in [1.82, 2.24) is 13.9 Å². The van der Waals surface area contributed by atoms with Crippen LogP contribution in [0.4, 0.5) is 13.2 Å². The van der Waals surface area contributed by atoms with Gasteiger partial charge in [0.25, 0.3) is 0 Å². The predicted molar refractivity (Wildman–Crippen MR) is 153 cm³/mol. The highest BCUT2D eigenvalue weighted by molar-refractivity contribution is 7.92. The first-order chi connectivity index (χ1) is 20.3. The van der Waals surface area contributed by atoms with Gasteiger partial charge in [-0.25, -0.2) is 21.6 Å². The molecule has 1 N–H and O–H groups in total. The van der Waals surface area contributed by atoms with E-state index in [9.17, 15) is 34.8 Å². The number of amides is 1. The van der Waals surface area contributed by atoms with Crippen molar-refractivity contribution in [2.45, 2.75) is 67.3 Å². The molecule has 4 aliphatic heterocycles. The number of benzene rings is 2. The maximum Gasteiger partial charge on any atom is 0.416 e. The average Bonchev–Trinajstić information content (AvgIpc) is 3.49. The lowest BCUT2D eigenvalue weighted by atomic mass is 9.88. The Hall–Kier alpha value is -2.78. The molecule has 2 aromatic rings. The highest BCUT2D eigenvalue weighted by atomic mass is 32.2. The molecule has 4 saturated heterocycles. The minimum Gasteiger partial charge on any atom is -0.374 e. The van der Waals surface area contributed by atoms with Crippen molar-refractivity contribution in [1.29, 1.82) is 0 Å². The number of carbonyl (C=O) groups is 1. The van der Waals surface area contributed by atoms with Gasteiger partial charge in [-0.05, 0) is 67.5 Å². The third kappa shape index (κ3) is 6.98. The molecular formula is C29H34F3N3O6S2. The van der Waals surface area contributed by atoms with Gasteiger partial charge in [0.05, 0.1) is 35.1 Å². The largest absolute Gasteiger partial charge is 0.416 e. The summed E-state index contributed by atoms with van der Waals surface area (Å²) < 4.78 is 99.4. The topological polar surface area (TPSA) is 113 Å². The number of nitrogens with zero attached hydrogens (tertiary/aromatic N) is 2. The first-order valence-electron chi connectivity index (χ1n) is 14.1. The van der Waals surface area contributed by atoms with Crippen LogP contribution in [0.2, 0.25) is 0 Å². The van der Waals surface area contributed by atoms with E-state index in [0.717, 1.165) is 30.4 Å². The Bertz CT molecular complexity index is 1540. The van der Waals surface area contributed by atoms with Gasteiger partial charge >= 0.3 is 6.18 Å². The summed E-state index contributed by atoms with van der Waals surface area (Å²) in [6.45, 7) is 4.26. The van der Waals surface area contributed by atoms with E-state index in [-0.39, 0.29) is 42.5 Å². The molecule has 4 heterocycles. The van der Waals surface area contributed by atoms with Gasteiger partial charge in [0.1, 0.15) is 0 Å². The summed E-state index contributed by atoms with van der Waals surface area (Å²) >= 11 is 0. The lowest BCUT2D eigenvalue weighted by Gasteiger charge is -2.46. The summed E-state index contributed by atoms with van der Waals surface area (Å²) in [5.74, 6) is -0.927. The van der Waals surface area contributed by atoms with E-state index in [4.69, 9.17) is 4.74 Å². The molecule has 9 nitrogen and oxygen atoms in total. The highest BCUT2D eigenvalue weighted by Crippen LogP contribution is 2.34. The molecule has 0 aromatic heterocycles. The fraction of sp³-hybridized carbons (Fsp3) is 0.483. The number of ether oxygens (including phenoxy) is 1. The van der Waals surface area contributed by atoms with Crippen molar-refractivity contribution in [3.8, 4) is 0 Å². The number of nitrogens with one attached hydrogen (secondary N) is 1. The standard InChI is InChI=1S/C29H34F3N3O6S2/c1-2-42(37,38)33-17-23-4-3-15-35(23)43(39,40)26-13-7-21(8-14-26)27(16-20-5-9-22(10-6-20)29(30,31)32)28(36)34-18-25-12-11-24(34)19-41-25/h2,5-10,13-14,23-25,27,33H,1,3-4,11-12,15-19H2. The number of fused-ring (bicyclic) bond motifs is 3. The number of halogens is 3. The molecule has 4 fully saturated rings. The Balaban J connectivity index is 1.39. The molecule has 6 rings (SSSR count). The average molecular weight is 642 g/mol. The summed E-state index contributed by atoms with van der Waals surface area (Å²) in [6, 6.07) is 10.0. The van der Waals surface area contributed by atoms with Crippen LogP contribution in [0, 0.1) is 0 Å². The lowest BCUT2D eigenvalue weighted by molar-refractivity contribution is -0.156. The fourth-order valence-corrected chi connectivity index (χ4v) is 8.28. The van der Waals surface area contributed by atoms with E-state index in [2.05, 4.69) is 11.3 Å². The Morgan fingerprint density at radius 1 is 1.05 bits per heavy atom. The van der Waals surface area contributed by atoms with Gasteiger partial charge < -0.3 is 9.64 Å². The smallest absolute Gasteiger partial charge is 0.374 e. The summed E-state index contributed by atoms with van der Waals surface area (Å²) in [7, 11) is -7.69. The zero-order chi connectivity index (χ0) is 31.0. The van der Waals surface area contributed by atoms with E-state index in [1.807, 2.05) is 0 Å². The Kier molecular flexibility index (Phi) is 9.06. The summed E-state index contributed by atoms with van der Waals surface area (Å²) in [4.78, 5) is 15.7. The van der Waals surface area contributed by atoms with E-state index < -0.39 is 43.7 Å². The van der Waals surface area contributed by atoms with Crippen molar-refractivity contribution in [3.05, 3.63) is 77.2 Å². The number of rotatable bonds is 10. The van der Waals surface area contributed by atoms with E-state index >= 15 is 0 Å². The first-order valence-corrected chi connectivity index (χ1v) is 17.1. The maximum absolute atomic E-state index is 13.9. The number of alkyl halides is 3. The van der Waals surface area contributed by atoms with Gasteiger partial charge in [-0.3, -0.25) is 4.79 Å². The Morgan fingerprint density at radius 2 is 1.74 bits per heavy atom. The zero-order valence-electron chi connectivity index (χ0n) is 23.4. The van der Waals surface area contributed by atoms with E-state index in [1.54, 1.807) is 17.0 Å². The van der Waals surface area contributed by atoms with Crippen molar-refractivity contribution in [2.75, 3.05) is 26.2 Å². The maximum atomic E-state index is 13.9. The van der Waals surface area contributed by atoms with Crippen LogP contribution in [0.5, 0.6) is 0 Å². The second kappa shape index (κ2) is 12.3. The molecule has 2 aromatic carbocycles. The van der Waals surface area contributed by atoms with Crippen LogP contribution in [-0.4, -0.2) is 76.4 Å². The van der Waals surface area contributed by atoms with Crippen molar-refractivity contribution >= 4 is 26.0 Å². The van der Waals surface area contributed by atoms with Gasteiger partial charge in [-0.1, -0.05) is 30.8 Å². The van der Waals surface area contributed by atoms with Crippen LogP contribution >= 0.6 is 0 Å². The summed E-state index contributed by atoms with van der Waals surface area (Å²) in [6.07, 6.45) is -1.68. The Morgan fingerprint density at radius 3 is 2.30 bits per heavy atom. The second-order valence-corrected chi connectivity index (χ2v) is 14.8. The number of morpholine rings is 1. The molecule has 0 radical (unpaired) electrons. The molecule has 14 heteroatoms. The molecule has 1 amide bonds. The molecule has 0 aliphatic carbocycles. The van der Waals surface area contributed by atoms with Crippen molar-refractivity contribution in [2.24, 2.45) is 0 Å². The minimum atomic E-state index is -4.48. The van der Waals surface area contributed by atoms with E-state index in [0.29, 0.717) is 37.1 Å². The summed E-state index contributed by atoms with van der Waals surface area (Å²) in [5, 5.41) is 0.768. The minimum absolute atomic E-state index is 0.000821. The van der Waals surface area contributed by atoms with E-state index in [1.165, 1.54) is 28.6 Å². The quantitative estimate of drug-likeness (QED) is 0.424. The number of sulfonamides is 2. The molecular weight excluding hydrogens is 607 g/mol. The number of piperidine rings is 1. The van der Waals surface area contributed by atoms with Crippen LogP contribution in [0.25, 0.3) is 0 Å². The predicted octanol–water partition coefficient (Wildman–Crippen LogP) is 3.64. The normalized spacial score (nSPS) is 23.8. The van der Waals surface area contributed by atoms with Crippen LogP contribution in [-0.2, 0) is 42.2 Å². The zero-order valence-corrected chi connectivity index (χ0v) is 25.0. The van der Waals surface area contributed by atoms with Gasteiger partial charge in [0.15, 0.2) is 0 Å². The SMILES string of the molecule is C=CS(=O)(=O)NCC1CCCN1S(=O)(=O)c1ccc(C(Cc2ccc(C(F)(F)F)cc2)C(=O)N2CC3CCC2CO3)cc1. The molecule has 0 spiro atoms. The molecule has 4 atom stereocenters. The molecule has 43 heavy (non-hydrogen) atoms. The number of hydrogen-bond donors (Lipinski definition) is 1. The number of carbonyl (C=O) groups excluding carboxylic acids is 1. The molecule has 2 bridgehead atoms. The van der Waals surface area contributed by atoms with Crippen molar-refractivity contribution < 1.29 is 39.5 Å². The first kappa shape index (κ1) is 31.6. The number of hydrogen-bond acceptors (Lipinski definition) is 6. The van der Waals surface area contributed by atoms with Gasteiger partial charge in [0.2, 0.25) is 26.0 Å². The van der Waals surface area contributed by atoms with Gasteiger partial charge in [0, 0.05) is 31.1 Å². The Labute approximate surface area is 249 Å². The van der Waals surface area contributed by atoms with Crippen molar-refractivity contribution in [3.63, 3.8) is 0 Å². The molecule has 234 valence electrons. The van der Waals surface area contributed by atoms with Crippen LogP contribution in [0.15, 0.2) is 65.4 Å². The van der Waals surface area contributed by atoms with Crippen LogP contribution in [0.1, 0.15) is 48.3 Å². The third-order valence-corrected chi connectivity index (χ3v) is 11.4.